The number of hydrogen-bond acceptors (Lipinski definition) is 6. The van der Waals surface area contributed by atoms with E-state index in [0.717, 1.165) is 27.4 Å². The van der Waals surface area contributed by atoms with Crippen LogP contribution in [-0.4, -0.2) is 41.7 Å². The van der Waals surface area contributed by atoms with Crippen LogP contribution in [0.15, 0.2) is 65.6 Å². The zero-order valence-corrected chi connectivity index (χ0v) is 18.9. The Morgan fingerprint density at radius 3 is 2.64 bits per heavy atom. The van der Waals surface area contributed by atoms with Gasteiger partial charge in [-0.2, -0.15) is 0 Å². The van der Waals surface area contributed by atoms with E-state index in [2.05, 4.69) is 0 Å². The summed E-state index contributed by atoms with van der Waals surface area (Å²) < 4.78 is 11.2. The third-order valence-electron chi connectivity index (χ3n) is 4.82. The monoisotopic (exact) mass is 482 g/mol. The van der Waals surface area contributed by atoms with Gasteiger partial charge in [-0.1, -0.05) is 48.0 Å². The molecule has 7 nitrogen and oxygen atoms in total. The van der Waals surface area contributed by atoms with E-state index in [1.807, 2.05) is 42.5 Å². The molecule has 3 aromatic rings. The molecule has 3 amide bonds. The van der Waals surface area contributed by atoms with Crippen molar-refractivity contribution < 1.29 is 23.9 Å². The first-order valence-corrected chi connectivity index (χ1v) is 11.2. The van der Waals surface area contributed by atoms with Gasteiger partial charge in [0.25, 0.3) is 17.1 Å². The number of thioether (sulfide) groups is 1. The fourth-order valence-electron chi connectivity index (χ4n) is 3.31. The lowest BCUT2D eigenvalue weighted by Crippen LogP contribution is -2.32. The maximum Gasteiger partial charge on any atom is 0.293 e. The number of amides is 3. The van der Waals surface area contributed by atoms with Crippen molar-refractivity contribution in [2.45, 2.75) is 0 Å². The summed E-state index contributed by atoms with van der Waals surface area (Å²) in [5, 5.41) is 2.02. The molecule has 9 heteroatoms. The molecule has 0 unspecified atom stereocenters. The van der Waals surface area contributed by atoms with Crippen LogP contribution in [0.3, 0.4) is 0 Å². The second-order valence-corrected chi connectivity index (χ2v) is 8.53. The molecule has 0 aliphatic carbocycles. The first-order valence-electron chi connectivity index (χ1n) is 9.99. The van der Waals surface area contributed by atoms with Gasteiger partial charge in [-0.15, -0.1) is 0 Å². The Balaban J connectivity index is 1.46. The Bertz CT molecular complexity index is 1270. The summed E-state index contributed by atoms with van der Waals surface area (Å²) in [5.41, 5.74) is 5.59. The zero-order chi connectivity index (χ0) is 23.4. The normalized spacial score (nSPS) is 14.8. The van der Waals surface area contributed by atoms with Gasteiger partial charge in [0.1, 0.15) is 18.1 Å². The SMILES string of the molecule is NC(=O)COc1ccc(Cl)cc1/C=C1\SC(=O)N(CCOc2cccc3ccccc23)C1=O. The average molecular weight is 483 g/mol. The number of fused-ring (bicyclic) bond motifs is 1. The number of imide groups is 1. The van der Waals surface area contributed by atoms with Crippen molar-refractivity contribution >= 4 is 57.3 Å². The third kappa shape index (κ3) is 5.30. The molecule has 0 atom stereocenters. The smallest absolute Gasteiger partial charge is 0.293 e. The van der Waals surface area contributed by atoms with Crippen molar-refractivity contribution in [2.75, 3.05) is 19.8 Å². The highest BCUT2D eigenvalue weighted by molar-refractivity contribution is 8.18. The molecule has 0 bridgehead atoms. The van der Waals surface area contributed by atoms with Gasteiger partial charge in [-0.3, -0.25) is 19.3 Å². The van der Waals surface area contributed by atoms with E-state index in [0.29, 0.717) is 22.1 Å². The number of hydrogen-bond donors (Lipinski definition) is 1. The fourth-order valence-corrected chi connectivity index (χ4v) is 4.35. The summed E-state index contributed by atoms with van der Waals surface area (Å²) in [6, 6.07) is 18.3. The minimum atomic E-state index is -0.637. The number of primary amides is 1. The standard InChI is InChI=1S/C24H19ClN2O5S/c25-17-8-9-19(32-14-22(26)28)16(12-17)13-21-23(29)27(24(30)33-21)10-11-31-20-7-3-5-15-4-1-2-6-18(15)20/h1-9,12-13H,10-11,14H2,(H2,26,28)/b21-13-. The number of benzene rings is 3. The molecule has 1 saturated heterocycles. The van der Waals surface area contributed by atoms with Crippen LogP contribution in [0.2, 0.25) is 5.02 Å². The van der Waals surface area contributed by atoms with Crippen LogP contribution >= 0.6 is 23.4 Å². The maximum atomic E-state index is 12.8. The Hall–Kier alpha value is -3.49. The van der Waals surface area contributed by atoms with E-state index < -0.39 is 17.1 Å². The summed E-state index contributed by atoms with van der Waals surface area (Å²) in [7, 11) is 0. The van der Waals surface area contributed by atoms with Crippen molar-refractivity contribution in [1.82, 2.24) is 4.90 Å². The van der Waals surface area contributed by atoms with Gasteiger partial charge in [0.2, 0.25) is 0 Å². The summed E-state index contributed by atoms with van der Waals surface area (Å²) in [6.45, 7) is -0.0648. The van der Waals surface area contributed by atoms with Crippen LogP contribution in [0.25, 0.3) is 16.8 Å². The molecule has 3 aromatic carbocycles. The van der Waals surface area contributed by atoms with E-state index in [1.165, 1.54) is 6.08 Å². The molecule has 0 aromatic heterocycles. The molecule has 1 heterocycles. The van der Waals surface area contributed by atoms with Crippen molar-refractivity contribution in [3.63, 3.8) is 0 Å². The molecule has 1 aliphatic heterocycles. The lowest BCUT2D eigenvalue weighted by atomic mass is 10.1. The Kier molecular flexibility index (Phi) is 6.86. The minimum Gasteiger partial charge on any atom is -0.491 e. The van der Waals surface area contributed by atoms with E-state index >= 15 is 0 Å². The number of nitrogens with zero attached hydrogens (tertiary/aromatic N) is 1. The van der Waals surface area contributed by atoms with Gasteiger partial charge in [0.15, 0.2) is 6.61 Å². The predicted octanol–water partition coefficient (Wildman–Crippen LogP) is 4.47. The minimum absolute atomic E-state index is 0.103. The first-order chi connectivity index (χ1) is 15.9. The number of halogens is 1. The second-order valence-electron chi connectivity index (χ2n) is 7.10. The molecular formula is C24H19ClN2O5S. The van der Waals surface area contributed by atoms with E-state index in [-0.39, 0.29) is 24.7 Å². The van der Waals surface area contributed by atoms with Crippen LogP contribution in [0.5, 0.6) is 11.5 Å². The highest BCUT2D eigenvalue weighted by atomic mass is 35.5. The van der Waals surface area contributed by atoms with Gasteiger partial charge in [-0.05, 0) is 47.5 Å². The van der Waals surface area contributed by atoms with Gasteiger partial charge in [-0.25, -0.2) is 0 Å². The van der Waals surface area contributed by atoms with Gasteiger partial charge in [0, 0.05) is 16.0 Å². The second kappa shape index (κ2) is 9.97. The van der Waals surface area contributed by atoms with E-state index in [4.69, 9.17) is 26.8 Å². The van der Waals surface area contributed by atoms with E-state index in [1.54, 1.807) is 18.2 Å². The van der Waals surface area contributed by atoms with Crippen molar-refractivity contribution in [3.8, 4) is 11.5 Å². The molecule has 0 spiro atoms. The Morgan fingerprint density at radius 2 is 1.82 bits per heavy atom. The van der Waals surface area contributed by atoms with Crippen LogP contribution in [0.1, 0.15) is 5.56 Å². The van der Waals surface area contributed by atoms with Crippen LogP contribution in [-0.2, 0) is 9.59 Å². The number of rotatable bonds is 8. The molecular weight excluding hydrogens is 464 g/mol. The number of ether oxygens (including phenoxy) is 2. The lowest BCUT2D eigenvalue weighted by molar-refractivity contribution is -0.123. The Morgan fingerprint density at radius 1 is 1.03 bits per heavy atom. The van der Waals surface area contributed by atoms with Crippen LogP contribution in [0.4, 0.5) is 4.79 Å². The van der Waals surface area contributed by atoms with Crippen molar-refractivity contribution in [1.29, 1.82) is 0 Å². The topological polar surface area (TPSA) is 98.9 Å². The quantitative estimate of drug-likeness (QED) is 0.475. The largest absolute Gasteiger partial charge is 0.491 e. The highest BCUT2D eigenvalue weighted by Gasteiger charge is 2.35. The molecule has 0 radical (unpaired) electrons. The summed E-state index contributed by atoms with van der Waals surface area (Å²) in [6.07, 6.45) is 1.51. The number of nitrogens with two attached hydrogens (primary N) is 1. The fraction of sp³-hybridized carbons (Fsp3) is 0.125. The molecule has 0 saturated carbocycles. The summed E-state index contributed by atoms with van der Waals surface area (Å²) >= 11 is 6.88. The van der Waals surface area contributed by atoms with Crippen molar-refractivity contribution in [3.05, 3.63) is 76.2 Å². The van der Waals surface area contributed by atoms with Gasteiger partial charge >= 0.3 is 0 Å². The number of carbonyl (C=O) groups excluding carboxylic acids is 3. The highest BCUT2D eigenvalue weighted by Crippen LogP contribution is 2.35. The van der Waals surface area contributed by atoms with Gasteiger partial charge in [0.05, 0.1) is 11.4 Å². The maximum absolute atomic E-state index is 12.8. The third-order valence-corrected chi connectivity index (χ3v) is 5.97. The van der Waals surface area contributed by atoms with Crippen LogP contribution in [0, 0.1) is 0 Å². The molecule has 1 aliphatic rings. The molecule has 2 N–H and O–H groups in total. The summed E-state index contributed by atoms with van der Waals surface area (Å²) in [4.78, 5) is 37.7. The van der Waals surface area contributed by atoms with Gasteiger partial charge < -0.3 is 15.2 Å². The molecule has 4 rings (SSSR count). The number of carbonyl (C=O) groups is 3. The average Bonchev–Trinajstić information content (AvgIpc) is 3.06. The lowest BCUT2D eigenvalue weighted by Gasteiger charge is -2.14. The predicted molar refractivity (Wildman–Crippen MR) is 128 cm³/mol. The first kappa shape index (κ1) is 22.7. The summed E-state index contributed by atoms with van der Waals surface area (Å²) in [5.74, 6) is -0.0650. The zero-order valence-electron chi connectivity index (χ0n) is 17.3. The molecule has 168 valence electrons. The Labute approximate surface area is 199 Å². The van der Waals surface area contributed by atoms with Crippen LogP contribution < -0.4 is 15.2 Å². The molecule has 1 fully saturated rings. The van der Waals surface area contributed by atoms with E-state index in [9.17, 15) is 14.4 Å². The van der Waals surface area contributed by atoms with Crippen molar-refractivity contribution in [2.24, 2.45) is 5.73 Å². The molecule has 33 heavy (non-hydrogen) atoms.